The molecule has 0 fully saturated rings. The molecule has 4 nitrogen and oxygen atoms in total. The highest BCUT2D eigenvalue weighted by Crippen LogP contribution is 2.24. The van der Waals surface area contributed by atoms with E-state index >= 15 is 0 Å². The minimum absolute atomic E-state index is 0.215. The van der Waals surface area contributed by atoms with E-state index in [-0.39, 0.29) is 5.91 Å². The van der Waals surface area contributed by atoms with Crippen molar-refractivity contribution >= 4 is 17.5 Å². The molecule has 0 aliphatic carbocycles. The van der Waals surface area contributed by atoms with Crippen molar-refractivity contribution < 1.29 is 4.79 Å². The number of pyridine rings is 1. The first-order chi connectivity index (χ1) is 9.93. The Labute approximate surface area is 128 Å². The van der Waals surface area contributed by atoms with Crippen LogP contribution in [0.2, 0.25) is 5.02 Å². The van der Waals surface area contributed by atoms with Crippen molar-refractivity contribution in [1.29, 1.82) is 5.26 Å². The summed E-state index contributed by atoms with van der Waals surface area (Å²) in [6.07, 6.45) is 0. The highest BCUT2D eigenvalue weighted by Gasteiger charge is 2.18. The molecule has 106 valence electrons. The summed E-state index contributed by atoms with van der Waals surface area (Å²) in [4.78, 5) is 18.1. The highest BCUT2D eigenvalue weighted by atomic mass is 35.5. The van der Waals surface area contributed by atoms with Crippen LogP contribution in [0.5, 0.6) is 0 Å². The largest absolute Gasteiger partial charge is 0.345 e. The first-order valence-corrected chi connectivity index (χ1v) is 6.71. The molecule has 0 N–H and O–H groups in total. The van der Waals surface area contributed by atoms with Crippen molar-refractivity contribution in [3.63, 3.8) is 0 Å². The normalized spacial score (nSPS) is 10.0. The van der Waals surface area contributed by atoms with Crippen LogP contribution in [0, 0.1) is 18.3 Å². The van der Waals surface area contributed by atoms with Gasteiger partial charge in [0.2, 0.25) is 0 Å². The van der Waals surface area contributed by atoms with Crippen LogP contribution in [0.3, 0.4) is 0 Å². The molecule has 1 aromatic heterocycles. The third kappa shape index (κ3) is 3.04. The number of hydrogen-bond acceptors (Lipinski definition) is 3. The van der Waals surface area contributed by atoms with E-state index in [0.717, 1.165) is 5.56 Å². The zero-order valence-electron chi connectivity index (χ0n) is 12.0. The lowest BCUT2D eigenvalue weighted by atomic mass is 10.0. The molecule has 21 heavy (non-hydrogen) atoms. The number of amides is 1. The second kappa shape index (κ2) is 5.94. The number of hydrogen-bond donors (Lipinski definition) is 0. The van der Waals surface area contributed by atoms with Gasteiger partial charge in [-0.1, -0.05) is 23.7 Å². The van der Waals surface area contributed by atoms with Crippen molar-refractivity contribution in [2.45, 2.75) is 6.92 Å². The molecule has 0 aliphatic rings. The Bertz CT molecular complexity index is 730. The number of aromatic nitrogens is 1. The fourth-order valence-corrected chi connectivity index (χ4v) is 2.12. The Balaban J connectivity index is 2.63. The van der Waals surface area contributed by atoms with Gasteiger partial charge in [-0.2, -0.15) is 5.26 Å². The lowest BCUT2D eigenvalue weighted by molar-refractivity contribution is 0.0827. The molecule has 0 radical (unpaired) electrons. The standard InChI is InChI=1S/C16H14ClN3O/c1-10-14(9-18)13(16(21)20(2)3)8-15(19-10)11-4-6-12(17)7-5-11/h4-8H,1-3H3. The van der Waals surface area contributed by atoms with Gasteiger partial charge in [0.25, 0.3) is 5.91 Å². The molecule has 0 aliphatic heterocycles. The highest BCUT2D eigenvalue weighted by molar-refractivity contribution is 6.30. The van der Waals surface area contributed by atoms with Gasteiger partial charge in [0.05, 0.1) is 22.5 Å². The van der Waals surface area contributed by atoms with Gasteiger partial charge in [-0.15, -0.1) is 0 Å². The second-order valence-electron chi connectivity index (χ2n) is 4.83. The molecular formula is C16H14ClN3O. The Morgan fingerprint density at radius 3 is 2.43 bits per heavy atom. The maximum atomic E-state index is 12.2. The molecule has 1 amide bonds. The number of nitrogens with zero attached hydrogens (tertiary/aromatic N) is 3. The molecule has 0 saturated carbocycles. The van der Waals surface area contributed by atoms with Crippen LogP contribution in [-0.2, 0) is 0 Å². The Kier molecular flexibility index (Phi) is 4.25. The first-order valence-electron chi connectivity index (χ1n) is 6.33. The minimum atomic E-state index is -0.215. The monoisotopic (exact) mass is 299 g/mol. The lowest BCUT2D eigenvalue weighted by Gasteiger charge is -2.14. The predicted molar refractivity (Wildman–Crippen MR) is 82.2 cm³/mol. The molecular weight excluding hydrogens is 286 g/mol. The third-order valence-corrected chi connectivity index (χ3v) is 3.34. The van der Waals surface area contributed by atoms with Crippen LogP contribution in [-0.4, -0.2) is 29.9 Å². The van der Waals surface area contributed by atoms with Gasteiger partial charge in [-0.25, -0.2) is 0 Å². The average Bonchev–Trinajstić information content (AvgIpc) is 2.46. The topological polar surface area (TPSA) is 57.0 Å². The molecule has 2 aromatic rings. The van der Waals surface area contributed by atoms with Crippen LogP contribution >= 0.6 is 11.6 Å². The number of carbonyl (C=O) groups is 1. The van der Waals surface area contributed by atoms with Gasteiger partial charge >= 0.3 is 0 Å². The average molecular weight is 300 g/mol. The smallest absolute Gasteiger partial charge is 0.254 e. The molecule has 2 rings (SSSR count). The summed E-state index contributed by atoms with van der Waals surface area (Å²) >= 11 is 5.88. The van der Waals surface area contributed by atoms with E-state index in [0.29, 0.717) is 27.5 Å². The Hall–Kier alpha value is -2.38. The summed E-state index contributed by atoms with van der Waals surface area (Å²) in [6, 6.07) is 10.9. The second-order valence-corrected chi connectivity index (χ2v) is 5.27. The van der Waals surface area contributed by atoms with Crippen molar-refractivity contribution in [1.82, 2.24) is 9.88 Å². The summed E-state index contributed by atoms with van der Waals surface area (Å²) in [6.45, 7) is 1.73. The first kappa shape index (κ1) is 15.0. The number of halogens is 1. The van der Waals surface area contributed by atoms with Crippen molar-refractivity contribution in [3.05, 3.63) is 52.2 Å². The van der Waals surface area contributed by atoms with Gasteiger partial charge in [0.15, 0.2) is 0 Å². The van der Waals surface area contributed by atoms with Crippen LogP contribution in [0.25, 0.3) is 11.3 Å². The number of nitriles is 1. The van der Waals surface area contributed by atoms with E-state index in [1.54, 1.807) is 39.2 Å². The maximum Gasteiger partial charge on any atom is 0.254 e. The van der Waals surface area contributed by atoms with Crippen molar-refractivity contribution in [3.8, 4) is 17.3 Å². The number of benzene rings is 1. The summed E-state index contributed by atoms with van der Waals surface area (Å²) < 4.78 is 0. The minimum Gasteiger partial charge on any atom is -0.345 e. The summed E-state index contributed by atoms with van der Waals surface area (Å²) in [5.74, 6) is -0.215. The van der Waals surface area contributed by atoms with Crippen LogP contribution in [0.4, 0.5) is 0 Å². The van der Waals surface area contributed by atoms with E-state index in [4.69, 9.17) is 11.6 Å². The Morgan fingerprint density at radius 1 is 1.29 bits per heavy atom. The molecule has 0 atom stereocenters. The molecule has 0 unspecified atom stereocenters. The molecule has 0 bridgehead atoms. The molecule has 5 heteroatoms. The SMILES string of the molecule is Cc1nc(-c2ccc(Cl)cc2)cc(C(=O)N(C)C)c1C#N. The van der Waals surface area contributed by atoms with Crippen molar-refractivity contribution in [2.75, 3.05) is 14.1 Å². The van der Waals surface area contributed by atoms with Gasteiger partial charge in [0, 0.05) is 24.7 Å². The van der Waals surface area contributed by atoms with Gasteiger partial charge < -0.3 is 4.90 Å². The van der Waals surface area contributed by atoms with Gasteiger partial charge in [-0.05, 0) is 25.1 Å². The lowest BCUT2D eigenvalue weighted by Crippen LogP contribution is -2.23. The summed E-state index contributed by atoms with van der Waals surface area (Å²) in [5, 5.41) is 9.88. The zero-order valence-corrected chi connectivity index (χ0v) is 12.8. The van der Waals surface area contributed by atoms with Gasteiger partial charge in [0.1, 0.15) is 6.07 Å². The fraction of sp³-hybridized carbons (Fsp3) is 0.188. The van der Waals surface area contributed by atoms with Crippen LogP contribution in [0.1, 0.15) is 21.6 Å². The molecule has 0 saturated heterocycles. The number of aryl methyl sites for hydroxylation is 1. The summed E-state index contributed by atoms with van der Waals surface area (Å²) in [5.41, 5.74) is 2.70. The third-order valence-electron chi connectivity index (χ3n) is 3.09. The van der Waals surface area contributed by atoms with Gasteiger partial charge in [-0.3, -0.25) is 9.78 Å². The van der Waals surface area contributed by atoms with E-state index in [1.807, 2.05) is 12.1 Å². The van der Waals surface area contributed by atoms with Crippen molar-refractivity contribution in [2.24, 2.45) is 0 Å². The summed E-state index contributed by atoms with van der Waals surface area (Å²) in [7, 11) is 3.31. The van der Waals surface area contributed by atoms with E-state index in [1.165, 1.54) is 4.90 Å². The van der Waals surface area contributed by atoms with E-state index < -0.39 is 0 Å². The maximum absolute atomic E-state index is 12.2. The molecule has 1 aromatic carbocycles. The number of carbonyl (C=O) groups excluding carboxylic acids is 1. The zero-order chi connectivity index (χ0) is 15.6. The van der Waals surface area contributed by atoms with E-state index in [2.05, 4.69) is 11.1 Å². The quantitative estimate of drug-likeness (QED) is 0.855. The van der Waals surface area contributed by atoms with Crippen LogP contribution < -0.4 is 0 Å². The van der Waals surface area contributed by atoms with Crippen LogP contribution in [0.15, 0.2) is 30.3 Å². The van der Waals surface area contributed by atoms with E-state index in [9.17, 15) is 10.1 Å². The molecule has 1 heterocycles. The molecule has 0 spiro atoms. The fourth-order valence-electron chi connectivity index (χ4n) is 1.99. The Morgan fingerprint density at radius 2 is 1.90 bits per heavy atom. The number of rotatable bonds is 2. The predicted octanol–water partition coefficient (Wildman–Crippen LogP) is 3.28.